The molecule has 0 fully saturated rings. The molecule has 2 atom stereocenters. The van der Waals surface area contributed by atoms with E-state index in [0.29, 0.717) is 18.2 Å². The molecular formula is C14H25NO2. The molecule has 3 heteroatoms. The van der Waals surface area contributed by atoms with E-state index in [1.807, 2.05) is 19.1 Å². The van der Waals surface area contributed by atoms with Crippen molar-refractivity contribution in [2.45, 2.75) is 46.1 Å². The average molecular weight is 239 g/mol. The lowest BCUT2D eigenvalue weighted by Gasteiger charge is -2.22. The Kier molecular flexibility index (Phi) is 5.22. The average Bonchev–Trinajstić information content (AvgIpc) is 2.65. The van der Waals surface area contributed by atoms with Gasteiger partial charge in [0.25, 0.3) is 0 Å². The highest BCUT2D eigenvalue weighted by Gasteiger charge is 2.26. The number of hydrogen-bond acceptors (Lipinski definition) is 3. The van der Waals surface area contributed by atoms with Crippen LogP contribution in [0.3, 0.4) is 0 Å². The summed E-state index contributed by atoms with van der Waals surface area (Å²) in [4.78, 5) is 0. The van der Waals surface area contributed by atoms with Gasteiger partial charge in [-0.2, -0.15) is 0 Å². The molecule has 1 aromatic rings. The van der Waals surface area contributed by atoms with Gasteiger partial charge in [-0.1, -0.05) is 20.3 Å². The van der Waals surface area contributed by atoms with Crippen molar-refractivity contribution in [3.8, 4) is 0 Å². The normalized spacial score (nSPS) is 16.8. The van der Waals surface area contributed by atoms with Crippen LogP contribution < -0.4 is 5.32 Å². The van der Waals surface area contributed by atoms with Crippen molar-refractivity contribution in [1.82, 2.24) is 5.32 Å². The molecule has 0 radical (unpaired) electrons. The summed E-state index contributed by atoms with van der Waals surface area (Å²) >= 11 is 0. The minimum absolute atomic E-state index is 0.522. The highest BCUT2D eigenvalue weighted by molar-refractivity contribution is 5.12. The molecule has 0 aliphatic carbocycles. The van der Waals surface area contributed by atoms with Crippen LogP contribution in [0.25, 0.3) is 0 Å². The molecule has 1 aromatic heterocycles. The van der Waals surface area contributed by atoms with Crippen molar-refractivity contribution in [3.63, 3.8) is 0 Å². The van der Waals surface area contributed by atoms with Gasteiger partial charge in [0.1, 0.15) is 17.1 Å². The van der Waals surface area contributed by atoms with Crippen LogP contribution in [0.2, 0.25) is 0 Å². The summed E-state index contributed by atoms with van der Waals surface area (Å²) in [7, 11) is 0. The number of nitrogens with one attached hydrogen (secondary N) is 1. The Balaban J connectivity index is 2.39. The van der Waals surface area contributed by atoms with Gasteiger partial charge in [0.15, 0.2) is 0 Å². The largest absolute Gasteiger partial charge is 0.463 e. The molecule has 0 saturated carbocycles. The van der Waals surface area contributed by atoms with Crippen LogP contribution in [-0.4, -0.2) is 18.2 Å². The van der Waals surface area contributed by atoms with E-state index in [9.17, 15) is 5.11 Å². The van der Waals surface area contributed by atoms with Gasteiger partial charge in [-0.05, 0) is 44.9 Å². The van der Waals surface area contributed by atoms with Crippen molar-refractivity contribution in [2.75, 3.05) is 13.1 Å². The van der Waals surface area contributed by atoms with E-state index in [-0.39, 0.29) is 0 Å². The van der Waals surface area contributed by atoms with Gasteiger partial charge >= 0.3 is 0 Å². The maximum absolute atomic E-state index is 10.3. The molecule has 0 aliphatic rings. The van der Waals surface area contributed by atoms with Gasteiger partial charge in [-0.3, -0.25) is 0 Å². The Bertz CT molecular complexity index is 331. The Labute approximate surface area is 104 Å². The Morgan fingerprint density at radius 2 is 2.18 bits per heavy atom. The van der Waals surface area contributed by atoms with E-state index < -0.39 is 5.60 Å². The molecular weight excluding hydrogens is 214 g/mol. The van der Waals surface area contributed by atoms with E-state index in [4.69, 9.17) is 4.42 Å². The molecule has 3 nitrogen and oxygen atoms in total. The van der Waals surface area contributed by atoms with Crippen LogP contribution >= 0.6 is 0 Å². The smallest absolute Gasteiger partial charge is 0.136 e. The first-order valence-electron chi connectivity index (χ1n) is 6.45. The van der Waals surface area contributed by atoms with Crippen molar-refractivity contribution < 1.29 is 9.52 Å². The second-order valence-electron chi connectivity index (χ2n) is 5.21. The van der Waals surface area contributed by atoms with Crippen molar-refractivity contribution in [3.05, 3.63) is 23.7 Å². The summed E-state index contributed by atoms with van der Waals surface area (Å²) in [6, 6.07) is 3.72. The van der Waals surface area contributed by atoms with Crippen LogP contribution in [0.15, 0.2) is 16.5 Å². The Morgan fingerprint density at radius 1 is 1.47 bits per heavy atom. The minimum Gasteiger partial charge on any atom is -0.463 e. The zero-order valence-electron chi connectivity index (χ0n) is 11.4. The summed E-state index contributed by atoms with van der Waals surface area (Å²) in [6.07, 6.45) is 2.42. The number of aryl methyl sites for hydroxylation is 1. The van der Waals surface area contributed by atoms with Gasteiger partial charge in [-0.25, -0.2) is 0 Å². The monoisotopic (exact) mass is 239 g/mol. The topological polar surface area (TPSA) is 45.4 Å². The molecule has 98 valence electrons. The first-order valence-corrected chi connectivity index (χ1v) is 6.45. The first-order chi connectivity index (χ1) is 7.95. The highest BCUT2D eigenvalue weighted by Crippen LogP contribution is 2.21. The highest BCUT2D eigenvalue weighted by atomic mass is 16.4. The van der Waals surface area contributed by atoms with Crippen LogP contribution in [0.1, 0.15) is 45.1 Å². The fourth-order valence-corrected chi connectivity index (χ4v) is 1.97. The molecule has 17 heavy (non-hydrogen) atoms. The van der Waals surface area contributed by atoms with E-state index >= 15 is 0 Å². The molecule has 1 heterocycles. The molecule has 0 aromatic carbocycles. The predicted octanol–water partition coefficient (Wildman–Crippen LogP) is 2.82. The van der Waals surface area contributed by atoms with Crippen LogP contribution in [-0.2, 0) is 5.60 Å². The number of furan rings is 1. The van der Waals surface area contributed by atoms with Gasteiger partial charge in [-0.15, -0.1) is 0 Å². The van der Waals surface area contributed by atoms with E-state index in [1.54, 1.807) is 6.92 Å². The van der Waals surface area contributed by atoms with Gasteiger partial charge in [0.05, 0.1) is 0 Å². The number of aliphatic hydroxyl groups is 1. The molecule has 2 unspecified atom stereocenters. The maximum atomic E-state index is 10.3. The van der Waals surface area contributed by atoms with Gasteiger partial charge in [0, 0.05) is 6.54 Å². The second kappa shape index (κ2) is 6.22. The summed E-state index contributed by atoms with van der Waals surface area (Å²) < 4.78 is 5.46. The van der Waals surface area contributed by atoms with Crippen molar-refractivity contribution in [2.24, 2.45) is 5.92 Å². The zero-order chi connectivity index (χ0) is 12.9. The standard InChI is InChI=1S/C14H25NO2/c1-5-6-11(2)9-15-10-14(4,16)13-8-7-12(3)17-13/h7-8,11,15-16H,5-6,9-10H2,1-4H3. The second-order valence-corrected chi connectivity index (χ2v) is 5.21. The third-order valence-electron chi connectivity index (χ3n) is 3.01. The van der Waals surface area contributed by atoms with E-state index in [2.05, 4.69) is 19.2 Å². The molecule has 0 saturated heterocycles. The summed E-state index contributed by atoms with van der Waals surface area (Å²) in [5.74, 6) is 2.11. The molecule has 2 N–H and O–H groups in total. The lowest BCUT2D eigenvalue weighted by Crippen LogP contribution is -2.37. The minimum atomic E-state index is -0.930. The fourth-order valence-electron chi connectivity index (χ4n) is 1.97. The van der Waals surface area contributed by atoms with Gasteiger partial charge in [0.2, 0.25) is 0 Å². The molecule has 1 rings (SSSR count). The lowest BCUT2D eigenvalue weighted by molar-refractivity contribution is 0.0328. The molecule has 0 spiro atoms. The quantitative estimate of drug-likeness (QED) is 0.769. The van der Waals surface area contributed by atoms with Crippen molar-refractivity contribution in [1.29, 1.82) is 0 Å². The van der Waals surface area contributed by atoms with Crippen LogP contribution in [0.5, 0.6) is 0 Å². The molecule has 0 amide bonds. The Hall–Kier alpha value is -0.800. The van der Waals surface area contributed by atoms with Gasteiger partial charge < -0.3 is 14.8 Å². The van der Waals surface area contributed by atoms with E-state index in [0.717, 1.165) is 12.3 Å². The first kappa shape index (κ1) is 14.3. The maximum Gasteiger partial charge on any atom is 0.136 e. The SMILES string of the molecule is CCCC(C)CNCC(C)(O)c1ccc(C)o1. The summed E-state index contributed by atoms with van der Waals surface area (Å²) in [5, 5.41) is 13.6. The third kappa shape index (κ3) is 4.52. The zero-order valence-corrected chi connectivity index (χ0v) is 11.4. The number of hydrogen-bond donors (Lipinski definition) is 2. The molecule has 0 aliphatic heterocycles. The van der Waals surface area contributed by atoms with Crippen LogP contribution in [0.4, 0.5) is 0 Å². The van der Waals surface area contributed by atoms with E-state index in [1.165, 1.54) is 12.8 Å². The Morgan fingerprint density at radius 3 is 2.71 bits per heavy atom. The van der Waals surface area contributed by atoms with Crippen molar-refractivity contribution >= 4 is 0 Å². The summed E-state index contributed by atoms with van der Waals surface area (Å²) in [6.45, 7) is 9.54. The predicted molar refractivity (Wildman–Crippen MR) is 70.0 cm³/mol. The lowest BCUT2D eigenvalue weighted by atomic mass is 10.0. The molecule has 0 bridgehead atoms. The third-order valence-corrected chi connectivity index (χ3v) is 3.01. The number of rotatable bonds is 7. The van der Waals surface area contributed by atoms with Crippen LogP contribution in [0, 0.1) is 12.8 Å². The summed E-state index contributed by atoms with van der Waals surface area (Å²) in [5.41, 5.74) is -0.930. The fraction of sp³-hybridized carbons (Fsp3) is 0.714.